The van der Waals surface area contributed by atoms with Crippen LogP contribution in [0.1, 0.15) is 51.3 Å². The molecule has 166 valence electrons. The third kappa shape index (κ3) is 8.12. The molecular weight excluding hydrogens is 396 g/mol. The number of carbonyl (C=O) groups excluding carboxylic acids is 3. The van der Waals surface area contributed by atoms with E-state index in [-0.39, 0.29) is 6.61 Å². The summed E-state index contributed by atoms with van der Waals surface area (Å²) in [6, 6.07) is 16.2. The van der Waals surface area contributed by atoms with Gasteiger partial charge in [-0.15, -0.1) is 0 Å². The Labute approximate surface area is 183 Å². The van der Waals surface area contributed by atoms with Gasteiger partial charge in [0.15, 0.2) is 6.04 Å². The molecule has 7 nitrogen and oxygen atoms in total. The van der Waals surface area contributed by atoms with E-state index in [1.54, 1.807) is 52.0 Å². The van der Waals surface area contributed by atoms with Crippen molar-refractivity contribution in [1.82, 2.24) is 10.6 Å². The van der Waals surface area contributed by atoms with Crippen molar-refractivity contribution in [2.45, 2.75) is 58.4 Å². The molecule has 0 fully saturated rings. The summed E-state index contributed by atoms with van der Waals surface area (Å²) < 4.78 is 10.7. The highest BCUT2D eigenvalue weighted by molar-refractivity contribution is 5.90. The van der Waals surface area contributed by atoms with Crippen LogP contribution in [0.25, 0.3) is 0 Å². The summed E-state index contributed by atoms with van der Waals surface area (Å²) in [5, 5.41) is 5.26. The number of amides is 2. The quantitative estimate of drug-likeness (QED) is 0.625. The minimum Gasteiger partial charge on any atom is -0.458 e. The summed E-state index contributed by atoms with van der Waals surface area (Å²) in [4.78, 5) is 37.7. The van der Waals surface area contributed by atoms with Gasteiger partial charge < -0.3 is 20.1 Å². The third-order valence-electron chi connectivity index (χ3n) is 4.29. The predicted molar refractivity (Wildman–Crippen MR) is 117 cm³/mol. The number of hydrogen-bond donors (Lipinski definition) is 2. The first-order chi connectivity index (χ1) is 14.7. The number of alkyl carbamates (subject to hydrolysis) is 1. The summed E-state index contributed by atoms with van der Waals surface area (Å²) in [5.74, 6) is -1.08. The van der Waals surface area contributed by atoms with Crippen LogP contribution in [0.5, 0.6) is 0 Å². The second-order valence-electron chi connectivity index (χ2n) is 8.05. The fourth-order valence-corrected chi connectivity index (χ4v) is 2.79. The van der Waals surface area contributed by atoms with E-state index in [0.29, 0.717) is 12.0 Å². The van der Waals surface area contributed by atoms with Crippen molar-refractivity contribution in [3.8, 4) is 0 Å². The maximum atomic E-state index is 12.8. The van der Waals surface area contributed by atoms with Crippen molar-refractivity contribution < 1.29 is 23.9 Å². The van der Waals surface area contributed by atoms with Gasteiger partial charge in [0.25, 0.3) is 0 Å². The zero-order valence-electron chi connectivity index (χ0n) is 18.4. The van der Waals surface area contributed by atoms with Crippen molar-refractivity contribution in [1.29, 1.82) is 0 Å². The highest BCUT2D eigenvalue weighted by atomic mass is 16.6. The van der Waals surface area contributed by atoms with Crippen molar-refractivity contribution in [3.05, 3.63) is 71.8 Å². The van der Waals surface area contributed by atoms with Gasteiger partial charge in [0.1, 0.15) is 18.2 Å². The molecule has 0 bridgehead atoms. The van der Waals surface area contributed by atoms with E-state index in [9.17, 15) is 14.4 Å². The number of nitrogens with one attached hydrogen (secondary N) is 2. The van der Waals surface area contributed by atoms with E-state index in [4.69, 9.17) is 9.47 Å². The molecule has 0 aliphatic carbocycles. The molecule has 0 unspecified atom stereocenters. The molecule has 7 heteroatoms. The van der Waals surface area contributed by atoms with Gasteiger partial charge in [-0.3, -0.25) is 4.79 Å². The van der Waals surface area contributed by atoms with Gasteiger partial charge in [0, 0.05) is 0 Å². The zero-order valence-corrected chi connectivity index (χ0v) is 18.4. The number of carbonyl (C=O) groups is 3. The number of esters is 1. The first-order valence-corrected chi connectivity index (χ1v) is 10.2. The molecule has 2 rings (SSSR count). The Kier molecular flexibility index (Phi) is 8.61. The molecule has 2 atom stereocenters. The lowest BCUT2D eigenvalue weighted by Crippen LogP contribution is -2.49. The van der Waals surface area contributed by atoms with Crippen molar-refractivity contribution in [3.63, 3.8) is 0 Å². The lowest BCUT2D eigenvalue weighted by molar-refractivity contribution is -0.159. The van der Waals surface area contributed by atoms with Crippen LogP contribution in [-0.2, 0) is 25.7 Å². The number of ether oxygens (including phenoxy) is 2. The van der Waals surface area contributed by atoms with E-state index in [0.717, 1.165) is 5.56 Å². The minimum atomic E-state index is -0.996. The fraction of sp³-hybridized carbons (Fsp3) is 0.375. The lowest BCUT2D eigenvalue weighted by atomic mass is 10.1. The molecule has 0 heterocycles. The average Bonchev–Trinajstić information content (AvgIpc) is 2.74. The van der Waals surface area contributed by atoms with Crippen LogP contribution >= 0.6 is 0 Å². The van der Waals surface area contributed by atoms with Crippen LogP contribution in [0.3, 0.4) is 0 Å². The van der Waals surface area contributed by atoms with Crippen LogP contribution in [0.4, 0.5) is 4.79 Å². The molecule has 0 aliphatic rings. The summed E-state index contributed by atoms with van der Waals surface area (Å²) in [6.45, 7) is 7.12. The van der Waals surface area contributed by atoms with Gasteiger partial charge in [-0.1, -0.05) is 67.6 Å². The molecule has 2 N–H and O–H groups in total. The third-order valence-corrected chi connectivity index (χ3v) is 4.29. The van der Waals surface area contributed by atoms with Crippen LogP contribution in [0.2, 0.25) is 0 Å². The van der Waals surface area contributed by atoms with Crippen molar-refractivity contribution in [2.24, 2.45) is 0 Å². The zero-order chi connectivity index (χ0) is 22.9. The number of rotatable bonds is 8. The summed E-state index contributed by atoms with van der Waals surface area (Å²) >= 11 is 0. The molecule has 31 heavy (non-hydrogen) atoms. The van der Waals surface area contributed by atoms with Crippen molar-refractivity contribution in [2.75, 3.05) is 0 Å². The highest BCUT2D eigenvalue weighted by Gasteiger charge is 2.30. The fourth-order valence-electron chi connectivity index (χ4n) is 2.79. The predicted octanol–water partition coefficient (Wildman–Crippen LogP) is 3.89. The van der Waals surface area contributed by atoms with Gasteiger partial charge in [-0.2, -0.15) is 0 Å². The molecule has 2 amide bonds. The Hall–Kier alpha value is -3.35. The number of hydrogen-bond acceptors (Lipinski definition) is 5. The minimum absolute atomic E-state index is 0.0925. The summed E-state index contributed by atoms with van der Waals surface area (Å²) in [5.41, 5.74) is 0.717. The second kappa shape index (κ2) is 11.2. The van der Waals surface area contributed by atoms with Gasteiger partial charge in [-0.25, -0.2) is 9.59 Å². The molecule has 0 saturated carbocycles. The highest BCUT2D eigenvalue weighted by Crippen LogP contribution is 2.19. The molecule has 0 saturated heterocycles. The standard InChI is InChI=1S/C24H30N2O5/c1-5-19(25-23(29)30-16-17-12-8-6-9-13-17)21(27)26-20(18-14-10-7-11-15-18)22(28)31-24(2,3)4/h6-15,19-20H,5,16H2,1-4H3,(H,25,29)(H,26,27)/t19-,20-/m0/s1. The topological polar surface area (TPSA) is 93.7 Å². The largest absolute Gasteiger partial charge is 0.458 e. The molecule has 0 aromatic heterocycles. The lowest BCUT2D eigenvalue weighted by Gasteiger charge is -2.26. The molecule has 2 aromatic rings. The monoisotopic (exact) mass is 426 g/mol. The molecule has 0 aliphatic heterocycles. The molecule has 2 aromatic carbocycles. The van der Waals surface area contributed by atoms with Crippen LogP contribution < -0.4 is 10.6 Å². The van der Waals surface area contributed by atoms with E-state index in [2.05, 4.69) is 10.6 Å². The van der Waals surface area contributed by atoms with Gasteiger partial charge >= 0.3 is 12.1 Å². The molecule has 0 spiro atoms. The van der Waals surface area contributed by atoms with E-state index in [1.807, 2.05) is 36.4 Å². The van der Waals surface area contributed by atoms with Crippen LogP contribution in [0.15, 0.2) is 60.7 Å². The maximum Gasteiger partial charge on any atom is 0.408 e. The second-order valence-corrected chi connectivity index (χ2v) is 8.05. The maximum absolute atomic E-state index is 12.8. The number of benzene rings is 2. The molecule has 0 radical (unpaired) electrons. The smallest absolute Gasteiger partial charge is 0.408 e. The van der Waals surface area contributed by atoms with Crippen LogP contribution in [-0.4, -0.2) is 29.6 Å². The Bertz CT molecular complexity index is 863. The SMILES string of the molecule is CC[C@H](NC(=O)OCc1ccccc1)C(=O)N[C@H](C(=O)OC(C)(C)C)c1ccccc1. The van der Waals surface area contributed by atoms with E-state index >= 15 is 0 Å². The van der Waals surface area contributed by atoms with Gasteiger partial charge in [0.2, 0.25) is 5.91 Å². The van der Waals surface area contributed by atoms with Gasteiger partial charge in [0.05, 0.1) is 0 Å². The van der Waals surface area contributed by atoms with Crippen molar-refractivity contribution >= 4 is 18.0 Å². The van der Waals surface area contributed by atoms with Gasteiger partial charge in [-0.05, 0) is 38.3 Å². The first kappa shape index (κ1) is 23.9. The Morgan fingerprint density at radius 2 is 1.48 bits per heavy atom. The Morgan fingerprint density at radius 3 is 2.03 bits per heavy atom. The first-order valence-electron chi connectivity index (χ1n) is 10.2. The van der Waals surface area contributed by atoms with Crippen LogP contribution in [0, 0.1) is 0 Å². The summed E-state index contributed by atoms with van der Waals surface area (Å²) in [7, 11) is 0. The van der Waals surface area contributed by atoms with E-state index < -0.39 is 35.7 Å². The normalized spacial score (nSPS) is 12.9. The average molecular weight is 427 g/mol. The summed E-state index contributed by atoms with van der Waals surface area (Å²) in [6.07, 6.45) is -0.387. The Morgan fingerprint density at radius 1 is 0.903 bits per heavy atom. The molecular formula is C24H30N2O5. The van der Waals surface area contributed by atoms with E-state index in [1.165, 1.54) is 0 Å². The Balaban J connectivity index is 2.03.